The molecule has 1 unspecified atom stereocenters. The summed E-state index contributed by atoms with van der Waals surface area (Å²) < 4.78 is 0. The van der Waals surface area contributed by atoms with Gasteiger partial charge in [0, 0.05) is 6.42 Å². The third kappa shape index (κ3) is 3.41. The first-order valence-corrected chi connectivity index (χ1v) is 3.38. The van der Waals surface area contributed by atoms with Crippen molar-refractivity contribution in [3.05, 3.63) is 11.6 Å². The molecule has 58 valence electrons. The van der Waals surface area contributed by atoms with E-state index in [1.807, 2.05) is 19.9 Å². The number of Topliss-reactive ketones (excluding diaryl/α,β-unsaturated/α-hetero) is 1. The third-order valence-electron chi connectivity index (χ3n) is 1.46. The minimum Gasteiger partial charge on any atom is -0.388 e. The summed E-state index contributed by atoms with van der Waals surface area (Å²) in [5.74, 6) is 0.0219. The van der Waals surface area contributed by atoms with Gasteiger partial charge in [0.2, 0.25) is 0 Å². The predicted octanol–water partition coefficient (Wildman–Crippen LogP) is 1.29. The third-order valence-corrected chi connectivity index (χ3v) is 1.46. The van der Waals surface area contributed by atoms with Gasteiger partial charge in [0.05, 0.1) is 6.10 Å². The molecule has 0 bridgehead atoms. The lowest BCUT2D eigenvalue weighted by atomic mass is 10.1. The van der Waals surface area contributed by atoms with E-state index < -0.39 is 6.10 Å². The van der Waals surface area contributed by atoms with Crippen LogP contribution in [-0.4, -0.2) is 17.0 Å². The van der Waals surface area contributed by atoms with Crippen molar-refractivity contribution in [3.63, 3.8) is 0 Å². The van der Waals surface area contributed by atoms with E-state index in [0.29, 0.717) is 0 Å². The van der Waals surface area contributed by atoms with Crippen LogP contribution >= 0.6 is 0 Å². The Hall–Kier alpha value is -0.630. The molecule has 0 aliphatic heterocycles. The van der Waals surface area contributed by atoms with Gasteiger partial charge in [0.1, 0.15) is 5.78 Å². The summed E-state index contributed by atoms with van der Waals surface area (Å²) >= 11 is 0. The van der Waals surface area contributed by atoms with Crippen LogP contribution < -0.4 is 0 Å². The molecule has 0 amide bonds. The largest absolute Gasteiger partial charge is 0.388 e. The van der Waals surface area contributed by atoms with Gasteiger partial charge < -0.3 is 5.11 Å². The Bertz CT molecular complexity index is 147. The van der Waals surface area contributed by atoms with Crippen molar-refractivity contribution in [2.75, 3.05) is 0 Å². The number of aliphatic hydroxyl groups is 1. The number of hydrogen-bond acceptors (Lipinski definition) is 2. The highest BCUT2D eigenvalue weighted by molar-refractivity contribution is 5.76. The average Bonchev–Trinajstić information content (AvgIpc) is 1.85. The lowest BCUT2D eigenvalue weighted by Crippen LogP contribution is -2.12. The summed E-state index contributed by atoms with van der Waals surface area (Å²) in [5.41, 5.74) is 0.857. The van der Waals surface area contributed by atoms with Gasteiger partial charge in [-0.1, -0.05) is 6.08 Å². The van der Waals surface area contributed by atoms with Crippen LogP contribution in [0.5, 0.6) is 0 Å². The molecule has 1 N–H and O–H groups in total. The molecule has 0 fully saturated rings. The Morgan fingerprint density at radius 1 is 1.60 bits per heavy atom. The highest BCUT2D eigenvalue weighted by Crippen LogP contribution is 2.04. The van der Waals surface area contributed by atoms with E-state index in [2.05, 4.69) is 0 Å². The van der Waals surface area contributed by atoms with Crippen molar-refractivity contribution in [1.82, 2.24) is 0 Å². The fourth-order valence-electron chi connectivity index (χ4n) is 0.626. The highest BCUT2D eigenvalue weighted by atomic mass is 16.3. The van der Waals surface area contributed by atoms with Crippen molar-refractivity contribution < 1.29 is 9.90 Å². The zero-order valence-electron chi connectivity index (χ0n) is 6.72. The minimum absolute atomic E-state index is 0.0219. The fraction of sp³-hybridized carbons (Fsp3) is 0.625. The molecule has 0 heterocycles. The average molecular weight is 142 g/mol. The van der Waals surface area contributed by atoms with Crippen molar-refractivity contribution >= 4 is 5.78 Å². The van der Waals surface area contributed by atoms with Crippen molar-refractivity contribution in [2.24, 2.45) is 0 Å². The first-order chi connectivity index (χ1) is 4.57. The van der Waals surface area contributed by atoms with E-state index in [-0.39, 0.29) is 12.2 Å². The highest BCUT2D eigenvalue weighted by Gasteiger charge is 2.07. The van der Waals surface area contributed by atoms with Crippen LogP contribution in [0.25, 0.3) is 0 Å². The number of aliphatic hydroxyl groups excluding tert-OH is 1. The van der Waals surface area contributed by atoms with Gasteiger partial charge in [-0.15, -0.1) is 0 Å². The number of allylic oxidation sites excluding steroid dienone is 1. The molecule has 10 heavy (non-hydrogen) atoms. The van der Waals surface area contributed by atoms with Crippen LogP contribution in [0.15, 0.2) is 11.6 Å². The topological polar surface area (TPSA) is 37.3 Å². The summed E-state index contributed by atoms with van der Waals surface area (Å²) in [4.78, 5) is 10.5. The van der Waals surface area contributed by atoms with Crippen molar-refractivity contribution in [3.8, 4) is 0 Å². The van der Waals surface area contributed by atoms with E-state index in [4.69, 9.17) is 0 Å². The Morgan fingerprint density at radius 2 is 2.10 bits per heavy atom. The molecule has 0 saturated heterocycles. The minimum atomic E-state index is -0.581. The zero-order chi connectivity index (χ0) is 8.15. The number of ketones is 1. The summed E-state index contributed by atoms with van der Waals surface area (Å²) in [5, 5.41) is 9.20. The Balaban J connectivity index is 3.85. The molecule has 0 rings (SSSR count). The van der Waals surface area contributed by atoms with Gasteiger partial charge in [-0.2, -0.15) is 0 Å². The molecule has 0 saturated carbocycles. The molecular formula is C8H14O2. The van der Waals surface area contributed by atoms with Crippen molar-refractivity contribution in [2.45, 2.75) is 33.3 Å². The van der Waals surface area contributed by atoms with Crippen LogP contribution in [-0.2, 0) is 4.79 Å². The standard InChI is InChI=1S/C8H14O2/c1-4-6(2)8(10)5-7(3)9/h4,8,10H,5H2,1-3H3/b6-4+. The molecule has 2 nitrogen and oxygen atoms in total. The lowest BCUT2D eigenvalue weighted by Gasteiger charge is -2.07. The number of rotatable bonds is 3. The SMILES string of the molecule is C/C=C(\C)C(O)CC(C)=O. The Kier molecular flexibility index (Phi) is 3.96. The molecule has 2 heteroatoms. The van der Waals surface area contributed by atoms with E-state index in [0.717, 1.165) is 5.57 Å². The maximum Gasteiger partial charge on any atom is 0.132 e. The first-order valence-electron chi connectivity index (χ1n) is 3.38. The monoisotopic (exact) mass is 142 g/mol. The van der Waals surface area contributed by atoms with Gasteiger partial charge in [-0.25, -0.2) is 0 Å². The van der Waals surface area contributed by atoms with Gasteiger partial charge in [-0.05, 0) is 26.3 Å². The second kappa shape index (κ2) is 4.23. The number of carbonyl (C=O) groups excluding carboxylic acids is 1. The second-order valence-electron chi connectivity index (χ2n) is 2.45. The van der Waals surface area contributed by atoms with Crippen LogP contribution in [0.1, 0.15) is 27.2 Å². The summed E-state index contributed by atoms with van der Waals surface area (Å²) in [6.45, 7) is 5.14. The number of hydrogen-bond donors (Lipinski definition) is 1. The molecule has 0 aromatic carbocycles. The molecular weight excluding hydrogens is 128 g/mol. The van der Waals surface area contributed by atoms with E-state index in [9.17, 15) is 9.90 Å². The maximum absolute atomic E-state index is 10.5. The molecule has 0 spiro atoms. The lowest BCUT2D eigenvalue weighted by molar-refractivity contribution is -0.118. The predicted molar refractivity (Wildman–Crippen MR) is 40.7 cm³/mol. The first kappa shape index (κ1) is 9.37. The molecule has 1 atom stereocenters. The molecule has 0 radical (unpaired) electrons. The van der Waals surface area contributed by atoms with Crippen LogP contribution in [0.2, 0.25) is 0 Å². The number of carbonyl (C=O) groups is 1. The zero-order valence-corrected chi connectivity index (χ0v) is 6.72. The molecule has 0 aliphatic rings. The Morgan fingerprint density at radius 3 is 2.40 bits per heavy atom. The molecule has 0 aliphatic carbocycles. The van der Waals surface area contributed by atoms with Crippen LogP contribution in [0.4, 0.5) is 0 Å². The van der Waals surface area contributed by atoms with Crippen LogP contribution in [0.3, 0.4) is 0 Å². The van der Waals surface area contributed by atoms with E-state index >= 15 is 0 Å². The van der Waals surface area contributed by atoms with E-state index in [1.165, 1.54) is 6.92 Å². The quantitative estimate of drug-likeness (QED) is 0.603. The van der Waals surface area contributed by atoms with Gasteiger partial charge in [0.15, 0.2) is 0 Å². The second-order valence-corrected chi connectivity index (χ2v) is 2.45. The summed E-state index contributed by atoms with van der Waals surface area (Å²) in [7, 11) is 0. The Labute approximate surface area is 61.6 Å². The van der Waals surface area contributed by atoms with Gasteiger partial charge >= 0.3 is 0 Å². The smallest absolute Gasteiger partial charge is 0.132 e. The summed E-state index contributed by atoms with van der Waals surface area (Å²) in [6, 6.07) is 0. The van der Waals surface area contributed by atoms with E-state index in [1.54, 1.807) is 0 Å². The summed E-state index contributed by atoms with van der Waals surface area (Å²) in [6.07, 6.45) is 1.46. The normalized spacial score (nSPS) is 15.0. The molecule has 0 aromatic heterocycles. The van der Waals surface area contributed by atoms with Crippen LogP contribution in [0, 0.1) is 0 Å². The van der Waals surface area contributed by atoms with Gasteiger partial charge in [0.25, 0.3) is 0 Å². The fourth-order valence-corrected chi connectivity index (χ4v) is 0.626. The maximum atomic E-state index is 10.5. The molecule has 0 aromatic rings. The van der Waals surface area contributed by atoms with Gasteiger partial charge in [-0.3, -0.25) is 4.79 Å². The van der Waals surface area contributed by atoms with Crippen molar-refractivity contribution in [1.29, 1.82) is 0 Å².